The normalized spacial score (nSPS) is 9.69. The Labute approximate surface area is 82.0 Å². The standard InChI is InChI=1S/C5H2Cl2N4O2/c6-4-2(10-12)1(8)3(11-13)5(7)9-4/h(H2,8,9). The lowest BCUT2D eigenvalue weighted by Crippen LogP contribution is -1.90. The number of hydrogen-bond donors (Lipinski definition) is 1. The highest BCUT2D eigenvalue weighted by molar-refractivity contribution is 6.36. The Morgan fingerprint density at radius 2 is 1.46 bits per heavy atom. The van der Waals surface area contributed by atoms with Crippen LogP contribution in [0.5, 0.6) is 0 Å². The molecule has 68 valence electrons. The van der Waals surface area contributed by atoms with Gasteiger partial charge in [-0.2, -0.15) is 0 Å². The van der Waals surface area contributed by atoms with Gasteiger partial charge in [-0.3, -0.25) is 0 Å². The lowest BCUT2D eigenvalue weighted by atomic mass is 10.3. The van der Waals surface area contributed by atoms with Crippen molar-refractivity contribution in [2.24, 2.45) is 10.4 Å². The first-order valence-electron chi connectivity index (χ1n) is 2.93. The van der Waals surface area contributed by atoms with Crippen molar-refractivity contribution in [3.63, 3.8) is 0 Å². The molecule has 0 fully saturated rings. The van der Waals surface area contributed by atoms with E-state index in [4.69, 9.17) is 28.9 Å². The molecule has 8 heteroatoms. The fraction of sp³-hybridized carbons (Fsp3) is 0. The SMILES string of the molecule is Nc1c(N=O)c(Cl)nc(Cl)c1N=O. The summed E-state index contributed by atoms with van der Waals surface area (Å²) >= 11 is 10.9. The second-order valence-corrected chi connectivity index (χ2v) is 2.70. The molecule has 0 saturated carbocycles. The summed E-state index contributed by atoms with van der Waals surface area (Å²) in [4.78, 5) is 23.8. The topological polar surface area (TPSA) is 97.8 Å². The molecular weight excluding hydrogens is 219 g/mol. The number of hydrogen-bond acceptors (Lipinski definition) is 6. The molecule has 2 N–H and O–H groups in total. The van der Waals surface area contributed by atoms with Crippen molar-refractivity contribution in [1.82, 2.24) is 4.98 Å². The maximum absolute atomic E-state index is 10.2. The minimum atomic E-state index is -0.333. The zero-order valence-electron chi connectivity index (χ0n) is 5.99. The number of pyridine rings is 1. The van der Waals surface area contributed by atoms with Gasteiger partial charge in [-0.15, -0.1) is 9.81 Å². The molecule has 6 nitrogen and oxygen atoms in total. The third-order valence-electron chi connectivity index (χ3n) is 1.28. The molecule has 0 spiro atoms. The van der Waals surface area contributed by atoms with Crippen molar-refractivity contribution >= 4 is 40.3 Å². The molecule has 0 atom stereocenters. The number of nitroso groups, excluding NO2 is 2. The third-order valence-corrected chi connectivity index (χ3v) is 1.81. The van der Waals surface area contributed by atoms with E-state index in [1.165, 1.54) is 0 Å². The van der Waals surface area contributed by atoms with Gasteiger partial charge in [0, 0.05) is 0 Å². The summed E-state index contributed by atoms with van der Waals surface area (Å²) in [5.41, 5.74) is 4.38. The fourth-order valence-corrected chi connectivity index (χ4v) is 1.19. The van der Waals surface area contributed by atoms with Gasteiger partial charge >= 0.3 is 0 Å². The van der Waals surface area contributed by atoms with Gasteiger partial charge in [-0.25, -0.2) is 4.98 Å². The van der Waals surface area contributed by atoms with E-state index in [2.05, 4.69) is 15.3 Å². The largest absolute Gasteiger partial charge is 0.395 e. The van der Waals surface area contributed by atoms with Crippen molar-refractivity contribution < 1.29 is 0 Å². The average molecular weight is 221 g/mol. The monoisotopic (exact) mass is 220 g/mol. The maximum atomic E-state index is 10.2. The number of halogens is 2. The zero-order chi connectivity index (χ0) is 10.0. The summed E-state index contributed by atoms with van der Waals surface area (Å²) in [6, 6.07) is 0. The maximum Gasteiger partial charge on any atom is 0.170 e. The molecule has 0 amide bonds. The van der Waals surface area contributed by atoms with Crippen LogP contribution in [0.1, 0.15) is 0 Å². The summed E-state index contributed by atoms with van der Waals surface area (Å²) in [6.07, 6.45) is 0. The molecule has 0 saturated heterocycles. The lowest BCUT2D eigenvalue weighted by Gasteiger charge is -2.02. The first-order valence-corrected chi connectivity index (χ1v) is 3.68. The minimum Gasteiger partial charge on any atom is -0.395 e. The molecule has 0 aliphatic rings. The van der Waals surface area contributed by atoms with E-state index in [0.29, 0.717) is 0 Å². The van der Waals surface area contributed by atoms with E-state index in [9.17, 15) is 9.81 Å². The first-order chi connectivity index (χ1) is 6.11. The molecule has 0 unspecified atom stereocenters. The highest BCUT2D eigenvalue weighted by atomic mass is 35.5. The zero-order valence-corrected chi connectivity index (χ0v) is 7.50. The van der Waals surface area contributed by atoms with Crippen LogP contribution in [0.2, 0.25) is 10.3 Å². The summed E-state index contributed by atoms with van der Waals surface area (Å²) in [7, 11) is 0. The van der Waals surface area contributed by atoms with Crippen molar-refractivity contribution in [1.29, 1.82) is 0 Å². The Hall–Kier alpha value is -1.27. The molecule has 0 radical (unpaired) electrons. The third kappa shape index (κ3) is 1.58. The number of rotatable bonds is 2. The lowest BCUT2D eigenvalue weighted by molar-refractivity contribution is 1.28. The van der Waals surface area contributed by atoms with Gasteiger partial charge in [-0.05, 0) is 10.4 Å². The van der Waals surface area contributed by atoms with Crippen LogP contribution >= 0.6 is 23.2 Å². The number of nitrogens with zero attached hydrogens (tertiary/aromatic N) is 3. The summed E-state index contributed by atoms with van der Waals surface area (Å²) in [5, 5.41) is 4.47. The quantitative estimate of drug-likeness (QED) is 0.612. The molecule has 0 aromatic carbocycles. The fourth-order valence-electron chi connectivity index (χ4n) is 0.700. The summed E-state index contributed by atoms with van der Waals surface area (Å²) in [5.74, 6) is 0. The van der Waals surface area contributed by atoms with Gasteiger partial charge < -0.3 is 5.73 Å². The van der Waals surface area contributed by atoms with Crippen LogP contribution in [0.15, 0.2) is 10.4 Å². The molecule has 1 heterocycles. The van der Waals surface area contributed by atoms with E-state index < -0.39 is 0 Å². The van der Waals surface area contributed by atoms with E-state index in [1.54, 1.807) is 0 Å². The van der Waals surface area contributed by atoms with Gasteiger partial charge in [0.05, 0.1) is 5.69 Å². The Balaban J connectivity index is 3.56. The average Bonchev–Trinajstić information content (AvgIpc) is 2.04. The Bertz CT molecular complexity index is 349. The van der Waals surface area contributed by atoms with E-state index in [1.807, 2.05) is 0 Å². The van der Waals surface area contributed by atoms with Crippen LogP contribution in [0.3, 0.4) is 0 Å². The van der Waals surface area contributed by atoms with Crippen LogP contribution < -0.4 is 5.73 Å². The number of anilines is 1. The highest BCUT2D eigenvalue weighted by Gasteiger charge is 2.16. The van der Waals surface area contributed by atoms with E-state index >= 15 is 0 Å². The van der Waals surface area contributed by atoms with Crippen molar-refractivity contribution in [2.75, 3.05) is 5.73 Å². The van der Waals surface area contributed by atoms with Crippen molar-refractivity contribution in [3.8, 4) is 0 Å². The van der Waals surface area contributed by atoms with Crippen LogP contribution in [-0.4, -0.2) is 4.98 Å². The molecule has 1 aromatic rings. The molecular formula is C5H2Cl2N4O2. The van der Waals surface area contributed by atoms with Gasteiger partial charge in [-0.1, -0.05) is 23.2 Å². The molecule has 0 bridgehead atoms. The van der Waals surface area contributed by atoms with Crippen LogP contribution in [0.4, 0.5) is 17.1 Å². The number of aromatic nitrogens is 1. The van der Waals surface area contributed by atoms with E-state index in [-0.39, 0.29) is 27.4 Å². The highest BCUT2D eigenvalue weighted by Crippen LogP contribution is 2.40. The number of nitrogens with two attached hydrogens (primary N) is 1. The predicted octanol–water partition coefficient (Wildman–Crippen LogP) is 2.77. The van der Waals surface area contributed by atoms with Crippen molar-refractivity contribution in [3.05, 3.63) is 20.1 Å². The second kappa shape index (κ2) is 3.63. The molecule has 13 heavy (non-hydrogen) atoms. The molecule has 1 aromatic heterocycles. The molecule has 0 aliphatic carbocycles. The predicted molar refractivity (Wildman–Crippen MR) is 49.6 cm³/mol. The second-order valence-electron chi connectivity index (χ2n) is 1.99. The number of nitrogen functional groups attached to an aromatic ring is 1. The van der Waals surface area contributed by atoms with Crippen LogP contribution in [-0.2, 0) is 0 Å². The van der Waals surface area contributed by atoms with Gasteiger partial charge in [0.2, 0.25) is 0 Å². The van der Waals surface area contributed by atoms with Crippen LogP contribution in [0.25, 0.3) is 0 Å². The first kappa shape index (κ1) is 9.82. The molecule has 1 rings (SSSR count). The van der Waals surface area contributed by atoms with Gasteiger partial charge in [0.15, 0.2) is 21.7 Å². The Morgan fingerprint density at radius 3 is 1.77 bits per heavy atom. The van der Waals surface area contributed by atoms with Gasteiger partial charge in [0.25, 0.3) is 0 Å². The minimum absolute atomic E-state index is 0.259. The Morgan fingerprint density at radius 1 is 1.08 bits per heavy atom. The smallest absolute Gasteiger partial charge is 0.170 e. The molecule has 0 aliphatic heterocycles. The van der Waals surface area contributed by atoms with Crippen molar-refractivity contribution in [2.45, 2.75) is 0 Å². The summed E-state index contributed by atoms with van der Waals surface area (Å²) in [6.45, 7) is 0. The van der Waals surface area contributed by atoms with E-state index in [0.717, 1.165) is 0 Å². The van der Waals surface area contributed by atoms with Crippen LogP contribution in [0, 0.1) is 9.81 Å². The van der Waals surface area contributed by atoms with Gasteiger partial charge in [0.1, 0.15) is 0 Å². The Kier molecular flexibility index (Phi) is 2.74. The summed E-state index contributed by atoms with van der Waals surface area (Å²) < 4.78 is 0.